The van der Waals surface area contributed by atoms with Crippen molar-refractivity contribution in [1.82, 2.24) is 14.9 Å². The number of pyridine rings is 1. The van der Waals surface area contributed by atoms with Crippen LogP contribution in [0.5, 0.6) is 0 Å². The predicted molar refractivity (Wildman–Crippen MR) is 102 cm³/mol. The molecule has 0 saturated heterocycles. The Hall–Kier alpha value is -2.34. The summed E-state index contributed by atoms with van der Waals surface area (Å²) >= 11 is 6.23. The van der Waals surface area contributed by atoms with Gasteiger partial charge in [0.2, 0.25) is 0 Å². The van der Waals surface area contributed by atoms with E-state index in [0.29, 0.717) is 23.7 Å². The number of rotatable bonds is 0. The molecule has 0 spiro atoms. The number of carbonyl (C=O) groups excluding carboxylic acids is 2. The SMILES string of the molecule is Cc1c(Cl)ncc2c1-c1[nH]c3c(c1CC2)C(=O)N(C(=O)OC(C)(C)C)CC3. The normalized spacial score (nSPS) is 15.9. The van der Waals surface area contributed by atoms with Gasteiger partial charge in [-0.15, -0.1) is 0 Å². The van der Waals surface area contributed by atoms with Gasteiger partial charge in [0, 0.05) is 30.4 Å². The lowest BCUT2D eigenvalue weighted by Crippen LogP contribution is -2.44. The molecule has 4 rings (SSSR count). The first-order valence-electron chi connectivity index (χ1n) is 9.10. The second-order valence-corrected chi connectivity index (χ2v) is 8.45. The zero-order valence-corrected chi connectivity index (χ0v) is 16.7. The highest BCUT2D eigenvalue weighted by atomic mass is 35.5. The molecule has 2 aromatic heterocycles. The zero-order chi connectivity index (χ0) is 19.5. The molecule has 142 valence electrons. The molecule has 1 aliphatic heterocycles. The van der Waals surface area contributed by atoms with Crippen LogP contribution in [0.1, 0.15) is 53.5 Å². The van der Waals surface area contributed by atoms with Gasteiger partial charge in [-0.1, -0.05) is 11.6 Å². The third-order valence-electron chi connectivity index (χ3n) is 5.07. The number of imide groups is 1. The molecule has 0 aromatic carbocycles. The average Bonchev–Trinajstić information content (AvgIpc) is 2.96. The molecule has 2 aliphatic rings. The highest BCUT2D eigenvalue weighted by molar-refractivity contribution is 6.30. The van der Waals surface area contributed by atoms with Crippen molar-refractivity contribution in [3.63, 3.8) is 0 Å². The number of hydrogen-bond acceptors (Lipinski definition) is 4. The van der Waals surface area contributed by atoms with Gasteiger partial charge in [0.25, 0.3) is 5.91 Å². The summed E-state index contributed by atoms with van der Waals surface area (Å²) in [6.45, 7) is 7.63. The Morgan fingerprint density at radius 3 is 2.70 bits per heavy atom. The van der Waals surface area contributed by atoms with E-state index in [-0.39, 0.29) is 5.91 Å². The number of halogens is 1. The third-order valence-corrected chi connectivity index (χ3v) is 5.45. The minimum absolute atomic E-state index is 0.288. The molecule has 6 nitrogen and oxygen atoms in total. The molecule has 3 heterocycles. The van der Waals surface area contributed by atoms with Crippen molar-refractivity contribution >= 4 is 23.6 Å². The molecule has 1 aliphatic carbocycles. The maximum Gasteiger partial charge on any atom is 0.417 e. The van der Waals surface area contributed by atoms with Crippen LogP contribution in [0.25, 0.3) is 11.3 Å². The van der Waals surface area contributed by atoms with E-state index >= 15 is 0 Å². The van der Waals surface area contributed by atoms with E-state index in [4.69, 9.17) is 16.3 Å². The summed E-state index contributed by atoms with van der Waals surface area (Å²) in [7, 11) is 0. The molecule has 2 aromatic rings. The molecular weight excluding hydrogens is 366 g/mol. The van der Waals surface area contributed by atoms with Gasteiger partial charge >= 0.3 is 6.09 Å². The fourth-order valence-electron chi connectivity index (χ4n) is 3.89. The van der Waals surface area contributed by atoms with Gasteiger partial charge in [0.1, 0.15) is 10.8 Å². The second kappa shape index (κ2) is 6.09. The van der Waals surface area contributed by atoms with Crippen molar-refractivity contribution in [2.24, 2.45) is 0 Å². The number of nitrogens with one attached hydrogen (secondary N) is 1. The van der Waals surface area contributed by atoms with Crippen LogP contribution in [-0.2, 0) is 24.0 Å². The highest BCUT2D eigenvalue weighted by Gasteiger charge is 2.37. The summed E-state index contributed by atoms with van der Waals surface area (Å²) in [5.41, 5.74) is 5.80. The van der Waals surface area contributed by atoms with Crippen LogP contribution in [0.3, 0.4) is 0 Å². The molecular formula is C20H22ClN3O3. The number of nitrogens with zero attached hydrogens (tertiary/aromatic N) is 2. The van der Waals surface area contributed by atoms with Crippen LogP contribution >= 0.6 is 11.6 Å². The predicted octanol–water partition coefficient (Wildman–Crippen LogP) is 4.07. The van der Waals surface area contributed by atoms with E-state index in [1.807, 2.05) is 13.1 Å². The van der Waals surface area contributed by atoms with Gasteiger partial charge in [-0.05, 0) is 57.2 Å². The number of amides is 2. The van der Waals surface area contributed by atoms with Crippen LogP contribution in [0.4, 0.5) is 4.79 Å². The molecule has 7 heteroatoms. The smallest absolute Gasteiger partial charge is 0.417 e. The van der Waals surface area contributed by atoms with Gasteiger partial charge in [-0.2, -0.15) is 0 Å². The molecule has 0 atom stereocenters. The number of hydrogen-bond donors (Lipinski definition) is 1. The Morgan fingerprint density at radius 2 is 2.00 bits per heavy atom. The Bertz CT molecular complexity index is 972. The van der Waals surface area contributed by atoms with Gasteiger partial charge < -0.3 is 9.72 Å². The van der Waals surface area contributed by atoms with E-state index in [9.17, 15) is 9.59 Å². The summed E-state index contributed by atoms with van der Waals surface area (Å²) in [4.78, 5) is 34.5. The second-order valence-electron chi connectivity index (χ2n) is 8.09. The first-order chi connectivity index (χ1) is 12.7. The quantitative estimate of drug-likeness (QED) is 0.691. The van der Waals surface area contributed by atoms with Crippen LogP contribution in [0, 0.1) is 6.92 Å². The van der Waals surface area contributed by atoms with E-state index in [0.717, 1.165) is 46.5 Å². The fourth-order valence-corrected chi connectivity index (χ4v) is 4.04. The number of aromatic nitrogens is 2. The number of carbonyl (C=O) groups is 2. The molecule has 0 unspecified atom stereocenters. The maximum atomic E-state index is 13.1. The number of aryl methyl sites for hydroxylation is 1. The lowest BCUT2D eigenvalue weighted by molar-refractivity contribution is 0.0233. The Kier molecular flexibility index (Phi) is 4.07. The molecule has 0 radical (unpaired) electrons. The Morgan fingerprint density at radius 1 is 1.26 bits per heavy atom. The minimum Gasteiger partial charge on any atom is -0.443 e. The first-order valence-corrected chi connectivity index (χ1v) is 9.48. The third kappa shape index (κ3) is 2.92. The summed E-state index contributed by atoms with van der Waals surface area (Å²) in [5, 5.41) is 0.468. The molecule has 27 heavy (non-hydrogen) atoms. The van der Waals surface area contributed by atoms with Gasteiger partial charge in [0.05, 0.1) is 11.3 Å². The maximum absolute atomic E-state index is 13.1. The van der Waals surface area contributed by atoms with Crippen LogP contribution < -0.4 is 0 Å². The van der Waals surface area contributed by atoms with Crippen molar-refractivity contribution in [3.05, 3.63) is 39.3 Å². The largest absolute Gasteiger partial charge is 0.443 e. The summed E-state index contributed by atoms with van der Waals surface area (Å²) < 4.78 is 5.40. The first kappa shape index (κ1) is 18.0. The molecule has 2 amide bonds. The van der Waals surface area contributed by atoms with Gasteiger partial charge in [0.15, 0.2) is 0 Å². The molecule has 0 saturated carbocycles. The van der Waals surface area contributed by atoms with Gasteiger partial charge in [-0.25, -0.2) is 14.7 Å². The highest BCUT2D eigenvalue weighted by Crippen LogP contribution is 2.41. The summed E-state index contributed by atoms with van der Waals surface area (Å²) in [6, 6.07) is 0. The van der Waals surface area contributed by atoms with E-state index in [1.54, 1.807) is 20.8 Å². The van der Waals surface area contributed by atoms with Crippen molar-refractivity contribution < 1.29 is 14.3 Å². The lowest BCUT2D eigenvalue weighted by Gasteiger charge is -2.29. The average molecular weight is 388 g/mol. The standard InChI is InChI=1S/C20H22ClN3O3/c1-10-14-11(9-22-17(10)21)5-6-12-15-13(23-16(12)14)7-8-24(18(15)25)19(26)27-20(2,3)4/h9,23H,5-8H2,1-4H3. The van der Waals surface area contributed by atoms with Crippen LogP contribution in [-0.4, -0.2) is 39.0 Å². The van der Waals surface area contributed by atoms with Crippen LogP contribution in [0.2, 0.25) is 5.15 Å². The summed E-state index contributed by atoms with van der Waals surface area (Å²) in [6.07, 6.45) is 3.32. The van der Waals surface area contributed by atoms with Crippen LogP contribution in [0.15, 0.2) is 6.20 Å². The van der Waals surface area contributed by atoms with E-state index < -0.39 is 11.7 Å². The zero-order valence-electron chi connectivity index (χ0n) is 15.9. The number of H-pyrrole nitrogens is 1. The number of ether oxygens (including phenoxy) is 1. The Labute approximate surface area is 162 Å². The molecule has 1 N–H and O–H groups in total. The van der Waals surface area contributed by atoms with Gasteiger partial charge in [-0.3, -0.25) is 4.79 Å². The lowest BCUT2D eigenvalue weighted by atomic mass is 9.86. The van der Waals surface area contributed by atoms with Crippen molar-refractivity contribution in [2.45, 2.75) is 52.6 Å². The Balaban J connectivity index is 1.77. The number of fused-ring (bicyclic) bond motifs is 5. The van der Waals surface area contributed by atoms with Crippen molar-refractivity contribution in [1.29, 1.82) is 0 Å². The van der Waals surface area contributed by atoms with E-state index in [2.05, 4.69) is 9.97 Å². The van der Waals surface area contributed by atoms with Crippen molar-refractivity contribution in [3.8, 4) is 11.3 Å². The number of aromatic amines is 1. The van der Waals surface area contributed by atoms with E-state index in [1.165, 1.54) is 4.90 Å². The fraction of sp³-hybridized carbons (Fsp3) is 0.450. The molecule has 0 bridgehead atoms. The summed E-state index contributed by atoms with van der Waals surface area (Å²) in [5.74, 6) is -0.288. The monoisotopic (exact) mass is 387 g/mol. The topological polar surface area (TPSA) is 75.3 Å². The molecule has 0 fully saturated rings. The minimum atomic E-state index is -0.644. The van der Waals surface area contributed by atoms with Crippen molar-refractivity contribution in [2.75, 3.05) is 6.54 Å².